The van der Waals surface area contributed by atoms with Crippen molar-refractivity contribution in [3.05, 3.63) is 18.2 Å². The fraction of sp³-hybridized carbons (Fsp3) is 0.750. The average molecular weight is 322 g/mol. The van der Waals surface area contributed by atoms with Crippen molar-refractivity contribution < 1.29 is 14.6 Å². The zero-order chi connectivity index (χ0) is 16.7. The zero-order valence-electron chi connectivity index (χ0n) is 14.1. The number of ether oxygens (including phenoxy) is 1. The van der Waals surface area contributed by atoms with E-state index in [1.807, 2.05) is 25.9 Å². The maximum absolute atomic E-state index is 12.4. The van der Waals surface area contributed by atoms with E-state index in [9.17, 15) is 9.90 Å². The van der Waals surface area contributed by atoms with Crippen LogP contribution in [-0.2, 0) is 4.74 Å². The number of nitrogens with one attached hydrogen (secondary N) is 1. The lowest BCUT2D eigenvalue weighted by molar-refractivity contribution is -0.205. The molecule has 2 saturated heterocycles. The van der Waals surface area contributed by atoms with Crippen LogP contribution in [0.1, 0.15) is 36.7 Å². The Labute approximate surface area is 136 Å². The molecule has 1 aromatic heterocycles. The van der Waals surface area contributed by atoms with Crippen LogP contribution in [0.15, 0.2) is 12.5 Å². The summed E-state index contributed by atoms with van der Waals surface area (Å²) in [4.78, 5) is 23.1. The molecule has 2 N–H and O–H groups in total. The van der Waals surface area contributed by atoms with Gasteiger partial charge in [0.2, 0.25) is 0 Å². The predicted octanol–water partition coefficient (Wildman–Crippen LogP) is 0.486. The largest absolute Gasteiger partial charge is 0.386 e. The summed E-state index contributed by atoms with van der Waals surface area (Å²) in [5.41, 5.74) is -0.542. The van der Waals surface area contributed by atoms with Crippen LogP contribution in [0, 0.1) is 0 Å². The first-order chi connectivity index (χ1) is 10.8. The van der Waals surface area contributed by atoms with Gasteiger partial charge in [-0.2, -0.15) is 0 Å². The van der Waals surface area contributed by atoms with Gasteiger partial charge < -0.3 is 24.6 Å². The number of imidazole rings is 1. The van der Waals surface area contributed by atoms with Crippen molar-refractivity contribution in [3.63, 3.8) is 0 Å². The van der Waals surface area contributed by atoms with Gasteiger partial charge in [-0.3, -0.25) is 4.79 Å². The molecule has 2 atom stereocenters. The van der Waals surface area contributed by atoms with Crippen LogP contribution < -0.4 is 0 Å². The first-order valence-corrected chi connectivity index (χ1v) is 8.13. The number of amides is 1. The van der Waals surface area contributed by atoms with Gasteiger partial charge in [-0.25, -0.2) is 4.98 Å². The molecule has 128 valence electrons. The summed E-state index contributed by atoms with van der Waals surface area (Å²) in [6.45, 7) is 3.51. The molecular formula is C16H26N4O3. The van der Waals surface area contributed by atoms with E-state index in [1.165, 1.54) is 6.33 Å². The molecule has 23 heavy (non-hydrogen) atoms. The molecule has 0 bridgehead atoms. The van der Waals surface area contributed by atoms with Crippen LogP contribution in [0.2, 0.25) is 0 Å². The second-order valence-corrected chi connectivity index (χ2v) is 7.27. The normalized spacial score (nSPS) is 30.8. The number of likely N-dealkylation sites (N-methyl/N-ethyl adjacent to an activating group) is 1. The average Bonchev–Trinajstić information content (AvgIpc) is 3.04. The quantitative estimate of drug-likeness (QED) is 0.828. The molecule has 1 amide bonds. The van der Waals surface area contributed by atoms with Crippen molar-refractivity contribution >= 4 is 5.91 Å². The lowest BCUT2D eigenvalue weighted by atomic mass is 9.77. The molecule has 3 rings (SSSR count). The minimum absolute atomic E-state index is 0.00989. The van der Waals surface area contributed by atoms with Gasteiger partial charge in [0.05, 0.1) is 24.7 Å². The Balaban J connectivity index is 1.65. The highest BCUT2D eigenvalue weighted by atomic mass is 16.5. The van der Waals surface area contributed by atoms with Crippen molar-refractivity contribution in [2.24, 2.45) is 0 Å². The van der Waals surface area contributed by atoms with E-state index < -0.39 is 5.60 Å². The maximum Gasteiger partial charge on any atom is 0.271 e. The van der Waals surface area contributed by atoms with Crippen LogP contribution in [-0.4, -0.2) is 81.8 Å². The summed E-state index contributed by atoms with van der Waals surface area (Å²) in [7, 11) is 3.99. The third-order valence-electron chi connectivity index (χ3n) is 5.27. The Morgan fingerprint density at radius 3 is 2.74 bits per heavy atom. The number of aliphatic hydroxyl groups is 1. The van der Waals surface area contributed by atoms with Crippen LogP contribution in [0.5, 0.6) is 0 Å². The van der Waals surface area contributed by atoms with Gasteiger partial charge in [0, 0.05) is 19.1 Å². The topological polar surface area (TPSA) is 81.7 Å². The molecule has 2 aliphatic heterocycles. The number of piperidine rings is 1. The molecule has 7 heteroatoms. The van der Waals surface area contributed by atoms with Crippen molar-refractivity contribution in [1.29, 1.82) is 0 Å². The van der Waals surface area contributed by atoms with Gasteiger partial charge in [0.15, 0.2) is 0 Å². The third-order valence-corrected chi connectivity index (χ3v) is 5.27. The summed E-state index contributed by atoms with van der Waals surface area (Å²) < 4.78 is 6.09. The van der Waals surface area contributed by atoms with Crippen LogP contribution in [0.25, 0.3) is 0 Å². The summed E-state index contributed by atoms with van der Waals surface area (Å²) in [6, 6.07) is 0.0612. The SMILES string of the molecule is CN(C)[C@H]1CC2(CCN(C(=O)c3cnc[nH]3)CC2)OC[C@]1(C)O. The second kappa shape index (κ2) is 5.89. The van der Waals surface area contributed by atoms with Gasteiger partial charge in [-0.15, -0.1) is 0 Å². The first-order valence-electron chi connectivity index (χ1n) is 8.13. The number of nitrogens with zero attached hydrogens (tertiary/aromatic N) is 3. The smallest absolute Gasteiger partial charge is 0.271 e. The second-order valence-electron chi connectivity index (χ2n) is 7.27. The van der Waals surface area contributed by atoms with Crippen LogP contribution >= 0.6 is 0 Å². The lowest BCUT2D eigenvalue weighted by Crippen LogP contribution is -2.63. The Morgan fingerprint density at radius 2 is 2.17 bits per heavy atom. The summed E-state index contributed by atoms with van der Waals surface area (Å²) >= 11 is 0. The molecule has 0 aromatic carbocycles. The molecule has 0 aliphatic carbocycles. The number of likely N-dealkylation sites (tertiary alicyclic amines) is 1. The molecule has 0 radical (unpaired) electrons. The monoisotopic (exact) mass is 322 g/mol. The van der Waals surface area contributed by atoms with E-state index in [0.717, 1.165) is 19.3 Å². The third kappa shape index (κ3) is 3.13. The van der Waals surface area contributed by atoms with Gasteiger partial charge in [-0.05, 0) is 40.3 Å². The standard InChI is InChI=1S/C16H26N4O3/c1-15(22)10-23-16(8-13(15)19(2)3)4-6-20(7-5-16)14(21)12-9-17-11-18-12/h9,11,13,22H,4-8,10H2,1-3H3,(H,17,18)/t13-,15-/m0/s1. The highest BCUT2D eigenvalue weighted by Gasteiger charge is 2.49. The Hall–Kier alpha value is -1.44. The molecule has 1 aromatic rings. The molecule has 3 heterocycles. The highest BCUT2D eigenvalue weighted by molar-refractivity contribution is 5.92. The van der Waals surface area contributed by atoms with Crippen molar-refractivity contribution in [1.82, 2.24) is 19.8 Å². The highest BCUT2D eigenvalue weighted by Crippen LogP contribution is 2.39. The molecule has 0 unspecified atom stereocenters. The Bertz CT molecular complexity index is 548. The van der Waals surface area contributed by atoms with Gasteiger partial charge in [-0.1, -0.05) is 0 Å². The molecule has 7 nitrogen and oxygen atoms in total. The van der Waals surface area contributed by atoms with Gasteiger partial charge in [0.25, 0.3) is 5.91 Å². The summed E-state index contributed by atoms with van der Waals surface area (Å²) in [5.74, 6) is -0.00989. The van der Waals surface area contributed by atoms with Crippen LogP contribution in [0.4, 0.5) is 0 Å². The van der Waals surface area contributed by atoms with E-state index in [2.05, 4.69) is 14.9 Å². The Kier molecular flexibility index (Phi) is 4.20. The number of carbonyl (C=O) groups excluding carboxylic acids is 1. The van der Waals surface area contributed by atoms with Crippen molar-refractivity contribution in [2.75, 3.05) is 33.8 Å². The molecule has 2 fully saturated rings. The van der Waals surface area contributed by atoms with Crippen molar-refractivity contribution in [3.8, 4) is 0 Å². The zero-order valence-corrected chi connectivity index (χ0v) is 14.1. The minimum Gasteiger partial charge on any atom is -0.386 e. The number of carbonyl (C=O) groups is 1. The first kappa shape index (κ1) is 16.4. The van der Waals surface area contributed by atoms with E-state index in [4.69, 9.17) is 4.74 Å². The maximum atomic E-state index is 12.4. The number of aromatic amines is 1. The fourth-order valence-corrected chi connectivity index (χ4v) is 3.77. The fourth-order valence-electron chi connectivity index (χ4n) is 3.77. The molecule has 1 spiro atoms. The lowest BCUT2D eigenvalue weighted by Gasteiger charge is -2.52. The summed E-state index contributed by atoms with van der Waals surface area (Å²) in [5, 5.41) is 10.5. The molecular weight excluding hydrogens is 296 g/mol. The predicted molar refractivity (Wildman–Crippen MR) is 85.1 cm³/mol. The molecule has 0 saturated carbocycles. The number of H-pyrrole nitrogens is 1. The van der Waals surface area contributed by atoms with E-state index in [1.54, 1.807) is 6.20 Å². The number of hydrogen-bond acceptors (Lipinski definition) is 5. The van der Waals surface area contributed by atoms with E-state index in [0.29, 0.717) is 25.4 Å². The molecule has 2 aliphatic rings. The van der Waals surface area contributed by atoms with Crippen LogP contribution in [0.3, 0.4) is 0 Å². The Morgan fingerprint density at radius 1 is 1.48 bits per heavy atom. The number of rotatable bonds is 2. The van der Waals surface area contributed by atoms with Crippen molar-refractivity contribution in [2.45, 2.75) is 43.4 Å². The number of aromatic nitrogens is 2. The number of hydrogen-bond donors (Lipinski definition) is 2. The van der Waals surface area contributed by atoms with Gasteiger partial charge >= 0.3 is 0 Å². The van der Waals surface area contributed by atoms with Gasteiger partial charge in [0.1, 0.15) is 11.3 Å². The van der Waals surface area contributed by atoms with E-state index in [-0.39, 0.29) is 17.6 Å². The summed E-state index contributed by atoms with van der Waals surface area (Å²) in [6.07, 6.45) is 5.47. The minimum atomic E-state index is -0.836. The van der Waals surface area contributed by atoms with E-state index >= 15 is 0 Å².